The summed E-state index contributed by atoms with van der Waals surface area (Å²) < 4.78 is 25.3. The van der Waals surface area contributed by atoms with Crippen molar-refractivity contribution in [2.24, 2.45) is 0 Å². The van der Waals surface area contributed by atoms with Crippen LogP contribution in [0.3, 0.4) is 0 Å². The van der Waals surface area contributed by atoms with Crippen molar-refractivity contribution in [1.82, 2.24) is 9.78 Å². The third-order valence-electron chi connectivity index (χ3n) is 2.16. The van der Waals surface area contributed by atoms with Crippen LogP contribution in [-0.4, -0.2) is 34.0 Å². The maximum atomic E-state index is 12.0. The molecule has 0 saturated heterocycles. The van der Waals surface area contributed by atoms with Crippen LogP contribution in [0.1, 0.15) is 19.8 Å². The summed E-state index contributed by atoms with van der Waals surface area (Å²) in [5.41, 5.74) is 0. The predicted molar refractivity (Wildman–Crippen MR) is 57.6 cm³/mol. The highest BCUT2D eigenvalue weighted by Crippen LogP contribution is 2.08. The van der Waals surface area contributed by atoms with E-state index in [1.54, 1.807) is 6.07 Å². The molecule has 0 aliphatic heterocycles. The van der Waals surface area contributed by atoms with E-state index in [1.807, 2.05) is 6.92 Å². The molecule has 16 heavy (non-hydrogen) atoms. The van der Waals surface area contributed by atoms with Crippen LogP contribution in [0.15, 0.2) is 12.3 Å². The number of nitrogens with one attached hydrogen (secondary N) is 1. The van der Waals surface area contributed by atoms with Crippen LogP contribution < -0.4 is 5.32 Å². The number of nitrogens with zero attached hydrogens (tertiary/aromatic N) is 2. The van der Waals surface area contributed by atoms with Gasteiger partial charge in [0.15, 0.2) is 0 Å². The monoisotopic (exact) mass is 233 g/mol. The van der Waals surface area contributed by atoms with E-state index in [4.69, 9.17) is 5.11 Å². The quantitative estimate of drug-likeness (QED) is 0.754. The molecule has 4 nitrogen and oxygen atoms in total. The van der Waals surface area contributed by atoms with Crippen LogP contribution in [0.5, 0.6) is 0 Å². The molecule has 6 heteroatoms. The molecule has 0 fully saturated rings. The minimum absolute atomic E-state index is 0.159. The number of hydrogen-bond donors (Lipinski definition) is 2. The van der Waals surface area contributed by atoms with Gasteiger partial charge in [0.25, 0.3) is 6.43 Å². The van der Waals surface area contributed by atoms with Gasteiger partial charge in [-0.2, -0.15) is 5.10 Å². The van der Waals surface area contributed by atoms with E-state index in [0.717, 1.165) is 6.42 Å². The summed E-state index contributed by atoms with van der Waals surface area (Å²) in [5, 5.41) is 15.7. The summed E-state index contributed by atoms with van der Waals surface area (Å²) in [6, 6.07) is 1.83. The number of alkyl halides is 2. The second-order valence-electron chi connectivity index (χ2n) is 3.73. The Morgan fingerprint density at radius 3 is 2.94 bits per heavy atom. The van der Waals surface area contributed by atoms with Crippen molar-refractivity contribution in [2.75, 3.05) is 11.9 Å². The zero-order chi connectivity index (χ0) is 12.0. The number of rotatable bonds is 7. The first kappa shape index (κ1) is 12.9. The first-order valence-corrected chi connectivity index (χ1v) is 5.31. The number of halogens is 2. The molecule has 0 aromatic carbocycles. The molecular formula is C10H17F2N3O. The lowest BCUT2D eigenvalue weighted by atomic mass is 10.2. The van der Waals surface area contributed by atoms with E-state index in [1.165, 1.54) is 10.9 Å². The molecule has 92 valence electrons. The van der Waals surface area contributed by atoms with Gasteiger partial charge >= 0.3 is 0 Å². The largest absolute Gasteiger partial charge is 0.396 e. The van der Waals surface area contributed by atoms with Gasteiger partial charge in [0, 0.05) is 24.9 Å². The van der Waals surface area contributed by atoms with Crippen LogP contribution in [0, 0.1) is 0 Å². The molecule has 1 aromatic heterocycles. The minimum Gasteiger partial charge on any atom is -0.396 e. The third-order valence-corrected chi connectivity index (χ3v) is 2.16. The maximum Gasteiger partial charge on any atom is 0.257 e. The van der Waals surface area contributed by atoms with Gasteiger partial charge in [-0.25, -0.2) is 8.78 Å². The number of aromatic nitrogens is 2. The number of hydrogen-bond acceptors (Lipinski definition) is 3. The van der Waals surface area contributed by atoms with Gasteiger partial charge in [0.05, 0.1) is 0 Å². The first-order valence-electron chi connectivity index (χ1n) is 5.31. The molecule has 0 radical (unpaired) electrons. The van der Waals surface area contributed by atoms with E-state index in [-0.39, 0.29) is 19.2 Å². The zero-order valence-electron chi connectivity index (χ0n) is 9.24. The maximum absolute atomic E-state index is 12.0. The van der Waals surface area contributed by atoms with E-state index >= 15 is 0 Å². The van der Waals surface area contributed by atoms with Gasteiger partial charge in [-0.3, -0.25) is 4.68 Å². The third kappa shape index (κ3) is 4.57. The Balaban J connectivity index is 2.39. The van der Waals surface area contributed by atoms with Crippen molar-refractivity contribution in [3.05, 3.63) is 12.3 Å². The zero-order valence-corrected chi connectivity index (χ0v) is 9.24. The second-order valence-corrected chi connectivity index (χ2v) is 3.73. The van der Waals surface area contributed by atoms with E-state index < -0.39 is 6.43 Å². The summed E-state index contributed by atoms with van der Waals surface area (Å²) in [7, 11) is 0. The molecule has 1 rings (SSSR count). The summed E-state index contributed by atoms with van der Waals surface area (Å²) in [4.78, 5) is 0. The Labute approximate surface area is 93.3 Å². The highest BCUT2D eigenvalue weighted by molar-refractivity contribution is 5.33. The smallest absolute Gasteiger partial charge is 0.257 e. The van der Waals surface area contributed by atoms with Crippen LogP contribution in [0.25, 0.3) is 0 Å². The lowest BCUT2D eigenvalue weighted by molar-refractivity contribution is 0.122. The first-order chi connectivity index (χ1) is 7.61. The molecule has 1 heterocycles. The topological polar surface area (TPSA) is 50.1 Å². The van der Waals surface area contributed by atoms with Gasteiger partial charge in [-0.05, 0) is 19.8 Å². The van der Waals surface area contributed by atoms with Crippen molar-refractivity contribution in [2.45, 2.75) is 38.8 Å². The second kappa shape index (κ2) is 6.42. The molecule has 0 spiro atoms. The molecular weight excluding hydrogens is 216 g/mol. The van der Waals surface area contributed by atoms with Crippen LogP contribution in [0.2, 0.25) is 0 Å². The Bertz CT molecular complexity index is 304. The fourth-order valence-corrected chi connectivity index (χ4v) is 1.40. The van der Waals surface area contributed by atoms with Crippen molar-refractivity contribution in [3.8, 4) is 0 Å². The average Bonchev–Trinajstić information content (AvgIpc) is 2.61. The normalized spacial score (nSPS) is 13.1. The van der Waals surface area contributed by atoms with Crippen LogP contribution in [-0.2, 0) is 6.54 Å². The summed E-state index contributed by atoms with van der Waals surface area (Å²) in [5.74, 6) is 0.589. The average molecular weight is 233 g/mol. The lowest BCUT2D eigenvalue weighted by Gasteiger charge is -2.11. The van der Waals surface area contributed by atoms with E-state index in [9.17, 15) is 8.78 Å². The SMILES string of the molecule is CC(CCCO)Nc1ccn(CC(F)F)n1. The number of aliphatic hydroxyl groups excluding tert-OH is 1. The van der Waals surface area contributed by atoms with Gasteiger partial charge in [0.1, 0.15) is 12.4 Å². The highest BCUT2D eigenvalue weighted by Gasteiger charge is 2.07. The van der Waals surface area contributed by atoms with Crippen LogP contribution >= 0.6 is 0 Å². The van der Waals surface area contributed by atoms with Gasteiger partial charge < -0.3 is 10.4 Å². The molecule has 0 aliphatic rings. The molecule has 0 aliphatic carbocycles. The fourth-order valence-electron chi connectivity index (χ4n) is 1.40. The summed E-state index contributed by atoms with van der Waals surface area (Å²) in [6.45, 7) is 1.74. The Kier molecular flexibility index (Phi) is 5.18. The Hall–Kier alpha value is -1.17. The van der Waals surface area contributed by atoms with Gasteiger partial charge in [0.2, 0.25) is 0 Å². The number of anilines is 1. The van der Waals surface area contributed by atoms with Crippen molar-refractivity contribution < 1.29 is 13.9 Å². The lowest BCUT2D eigenvalue weighted by Crippen LogP contribution is -2.16. The summed E-state index contributed by atoms with van der Waals surface area (Å²) >= 11 is 0. The molecule has 0 bridgehead atoms. The minimum atomic E-state index is -2.39. The highest BCUT2D eigenvalue weighted by atomic mass is 19.3. The van der Waals surface area contributed by atoms with E-state index in [2.05, 4.69) is 10.4 Å². The molecule has 1 atom stereocenters. The van der Waals surface area contributed by atoms with Crippen molar-refractivity contribution in [3.63, 3.8) is 0 Å². The van der Waals surface area contributed by atoms with Crippen molar-refractivity contribution in [1.29, 1.82) is 0 Å². The van der Waals surface area contributed by atoms with E-state index in [0.29, 0.717) is 12.2 Å². The van der Waals surface area contributed by atoms with Gasteiger partial charge in [-0.1, -0.05) is 0 Å². The molecule has 1 unspecified atom stereocenters. The predicted octanol–water partition coefficient (Wildman–Crippen LogP) is 1.72. The van der Waals surface area contributed by atoms with Gasteiger partial charge in [-0.15, -0.1) is 0 Å². The molecule has 1 aromatic rings. The molecule has 0 saturated carbocycles. The fraction of sp³-hybridized carbons (Fsp3) is 0.700. The standard InChI is InChI=1S/C10H17F2N3O/c1-8(3-2-6-16)13-10-4-5-15(14-10)7-9(11)12/h4-5,8-9,16H,2-3,6-7H2,1H3,(H,13,14). The number of aliphatic hydroxyl groups is 1. The Morgan fingerprint density at radius 1 is 1.56 bits per heavy atom. The van der Waals surface area contributed by atoms with Crippen LogP contribution in [0.4, 0.5) is 14.6 Å². The Morgan fingerprint density at radius 2 is 2.31 bits per heavy atom. The molecule has 0 amide bonds. The molecule has 2 N–H and O–H groups in total. The summed E-state index contributed by atoms with van der Waals surface area (Å²) in [6.07, 6.45) is 0.664. The van der Waals surface area contributed by atoms with Crippen molar-refractivity contribution >= 4 is 5.82 Å².